The summed E-state index contributed by atoms with van der Waals surface area (Å²) in [5.74, 6) is 0.968. The molecule has 0 aliphatic rings. The average molecular weight is 474 g/mol. The van der Waals surface area contributed by atoms with Crippen molar-refractivity contribution in [1.82, 2.24) is 15.3 Å². The molecule has 0 saturated heterocycles. The number of rotatable bonds is 10. The lowest BCUT2D eigenvalue weighted by atomic mass is 9.88. The number of aryl methyl sites for hydroxylation is 2. The molecule has 35 heavy (non-hydrogen) atoms. The molecule has 3 rings (SSSR count). The number of carbonyl (C=O) groups is 1. The topological polar surface area (TPSA) is 94.0 Å². The van der Waals surface area contributed by atoms with Crippen LogP contribution >= 0.6 is 0 Å². The molecule has 0 fully saturated rings. The Balaban J connectivity index is 1.84. The molecule has 7 heteroatoms. The van der Waals surface area contributed by atoms with E-state index in [0.717, 1.165) is 35.5 Å². The quantitative estimate of drug-likeness (QED) is 0.417. The summed E-state index contributed by atoms with van der Waals surface area (Å²) in [5, 5.41) is 12.7. The second kappa shape index (κ2) is 12.2. The van der Waals surface area contributed by atoms with Gasteiger partial charge in [-0.3, -0.25) is 4.90 Å². The molecule has 1 aromatic heterocycles. The van der Waals surface area contributed by atoms with E-state index in [1.165, 1.54) is 12.7 Å². The minimum atomic E-state index is -0.366. The third kappa shape index (κ3) is 6.49. The monoisotopic (exact) mass is 473 g/mol. The molecule has 1 heterocycles. The fourth-order valence-electron chi connectivity index (χ4n) is 4.39. The highest BCUT2D eigenvalue weighted by Gasteiger charge is 2.32. The van der Waals surface area contributed by atoms with Crippen molar-refractivity contribution < 1.29 is 9.53 Å². The maximum Gasteiger partial charge on any atom is 0.414 e. The molecule has 0 bridgehead atoms. The first-order valence-electron chi connectivity index (χ1n) is 12.0. The van der Waals surface area contributed by atoms with E-state index in [9.17, 15) is 4.79 Å². The van der Waals surface area contributed by atoms with E-state index < -0.39 is 0 Å². The molecule has 0 radical (unpaired) electrons. The maximum atomic E-state index is 13.0. The van der Waals surface area contributed by atoms with E-state index in [2.05, 4.69) is 35.2 Å². The number of ether oxygens (including phenoxy) is 1. The maximum absolute atomic E-state index is 13.0. The Hall–Kier alpha value is -3.63. The highest BCUT2D eigenvalue weighted by molar-refractivity contribution is 5.89. The van der Waals surface area contributed by atoms with Crippen LogP contribution in [0.25, 0.3) is 0 Å². The van der Waals surface area contributed by atoms with Crippen LogP contribution in [0.2, 0.25) is 0 Å². The van der Waals surface area contributed by atoms with Crippen LogP contribution in [0.5, 0.6) is 0 Å². The molecule has 0 aliphatic carbocycles. The van der Waals surface area contributed by atoms with Crippen LogP contribution in [-0.2, 0) is 17.7 Å². The zero-order valence-corrected chi connectivity index (χ0v) is 21.2. The third-order valence-electron chi connectivity index (χ3n) is 6.92. The lowest BCUT2D eigenvalue weighted by Gasteiger charge is -2.37. The smallest absolute Gasteiger partial charge is 0.414 e. The first kappa shape index (κ1) is 26.0. The zero-order chi connectivity index (χ0) is 25.4. The number of imidazole rings is 1. The van der Waals surface area contributed by atoms with Crippen LogP contribution in [0.4, 0.5) is 10.5 Å². The van der Waals surface area contributed by atoms with E-state index in [0.29, 0.717) is 12.1 Å². The molecule has 7 nitrogen and oxygen atoms in total. The van der Waals surface area contributed by atoms with E-state index in [1.807, 2.05) is 62.5 Å². The number of aromatic amines is 1. The Morgan fingerprint density at radius 3 is 2.57 bits per heavy atom. The number of H-pyrrole nitrogens is 1. The van der Waals surface area contributed by atoms with Crippen molar-refractivity contribution in [3.63, 3.8) is 0 Å². The molecule has 3 atom stereocenters. The third-order valence-corrected chi connectivity index (χ3v) is 6.92. The highest BCUT2D eigenvalue weighted by Crippen LogP contribution is 2.29. The van der Waals surface area contributed by atoms with Gasteiger partial charge in [0.25, 0.3) is 0 Å². The Kier molecular flexibility index (Phi) is 9.04. The predicted molar refractivity (Wildman–Crippen MR) is 138 cm³/mol. The van der Waals surface area contributed by atoms with E-state index in [4.69, 9.17) is 10.00 Å². The molecule has 0 spiro atoms. The minimum Gasteiger partial charge on any atom is -0.452 e. The van der Waals surface area contributed by atoms with Gasteiger partial charge < -0.3 is 15.0 Å². The van der Waals surface area contributed by atoms with E-state index in [-0.39, 0.29) is 24.1 Å². The first-order valence-corrected chi connectivity index (χ1v) is 12.0. The molecule has 0 aliphatic heterocycles. The van der Waals surface area contributed by atoms with Crippen molar-refractivity contribution in [2.24, 2.45) is 5.92 Å². The molecular weight excluding hydrogens is 438 g/mol. The number of anilines is 1. The molecular formula is C28H35N5O2. The Morgan fingerprint density at radius 1 is 1.20 bits per heavy atom. The van der Waals surface area contributed by atoms with Crippen LogP contribution in [0.15, 0.2) is 54.9 Å². The Bertz CT molecular complexity index is 1140. The largest absolute Gasteiger partial charge is 0.452 e. The predicted octanol–water partition coefficient (Wildman–Crippen LogP) is 5.29. The number of aromatic nitrogens is 2. The number of nitrogens with zero attached hydrogens (tertiary/aromatic N) is 3. The standard InChI is InChI=1S/C28H35N5O2/c1-19-7-6-8-26(20(19)2)33(28(34)35-5)22(4)21(3)25(32-18-27-30-15-16-31-27)14-13-23-9-11-24(17-29)12-10-23/h6-12,15-16,21-22,25,32H,13-14,18H2,1-5H3,(H,30,31). The summed E-state index contributed by atoms with van der Waals surface area (Å²) in [6.45, 7) is 8.93. The van der Waals surface area contributed by atoms with Crippen LogP contribution in [0, 0.1) is 31.1 Å². The molecule has 2 N–H and O–H groups in total. The van der Waals surface area contributed by atoms with Gasteiger partial charge in [0.1, 0.15) is 5.82 Å². The van der Waals surface area contributed by atoms with Crippen molar-refractivity contribution in [2.75, 3.05) is 12.0 Å². The van der Waals surface area contributed by atoms with Crippen LogP contribution in [0.3, 0.4) is 0 Å². The minimum absolute atomic E-state index is 0.0994. The SMILES string of the molecule is COC(=O)N(c1cccc(C)c1C)C(C)C(C)C(CCc1ccc(C#N)cc1)NCc1ncc[nH]1. The molecule has 3 aromatic rings. The molecule has 1 amide bonds. The number of nitrogens with one attached hydrogen (secondary N) is 2. The summed E-state index contributed by atoms with van der Waals surface area (Å²) in [6.07, 6.45) is 4.90. The molecule has 3 unspecified atom stereocenters. The van der Waals surface area contributed by atoms with Crippen molar-refractivity contribution >= 4 is 11.8 Å². The second-order valence-corrected chi connectivity index (χ2v) is 9.03. The highest BCUT2D eigenvalue weighted by atomic mass is 16.5. The molecule has 184 valence electrons. The van der Waals surface area contributed by atoms with Gasteiger partial charge >= 0.3 is 6.09 Å². The zero-order valence-electron chi connectivity index (χ0n) is 21.2. The van der Waals surface area contributed by atoms with Crippen LogP contribution < -0.4 is 10.2 Å². The number of methoxy groups -OCH3 is 1. The summed E-state index contributed by atoms with van der Waals surface area (Å²) in [4.78, 5) is 22.2. The van der Waals surface area contributed by atoms with Gasteiger partial charge in [-0.2, -0.15) is 5.26 Å². The van der Waals surface area contributed by atoms with Gasteiger partial charge in [-0.05, 0) is 74.4 Å². The summed E-state index contributed by atoms with van der Waals surface area (Å²) < 4.78 is 5.21. The van der Waals surface area contributed by atoms with Crippen LogP contribution in [-0.4, -0.2) is 35.3 Å². The lowest BCUT2D eigenvalue weighted by Crippen LogP contribution is -2.49. The van der Waals surface area contributed by atoms with Gasteiger partial charge in [0.05, 0.1) is 31.0 Å². The summed E-state index contributed by atoms with van der Waals surface area (Å²) in [6, 6.07) is 15.9. The first-order chi connectivity index (χ1) is 16.8. The number of hydrogen-bond acceptors (Lipinski definition) is 5. The molecule has 0 saturated carbocycles. The van der Waals surface area contributed by atoms with Crippen molar-refractivity contribution in [3.05, 3.63) is 82.9 Å². The fraction of sp³-hybridized carbons (Fsp3) is 0.393. The van der Waals surface area contributed by atoms with Gasteiger partial charge in [0.15, 0.2) is 0 Å². The Morgan fingerprint density at radius 2 is 1.94 bits per heavy atom. The second-order valence-electron chi connectivity index (χ2n) is 9.03. The number of nitriles is 1. The van der Waals surface area contributed by atoms with Gasteiger partial charge in [-0.1, -0.05) is 31.2 Å². The number of hydrogen-bond donors (Lipinski definition) is 2. The fourth-order valence-corrected chi connectivity index (χ4v) is 4.39. The van der Waals surface area contributed by atoms with Gasteiger partial charge in [0, 0.05) is 24.5 Å². The number of carbonyl (C=O) groups excluding carboxylic acids is 1. The summed E-state index contributed by atoms with van der Waals surface area (Å²) in [5.41, 5.74) is 4.89. The average Bonchev–Trinajstić information content (AvgIpc) is 3.40. The van der Waals surface area contributed by atoms with Gasteiger partial charge in [-0.15, -0.1) is 0 Å². The summed E-state index contributed by atoms with van der Waals surface area (Å²) >= 11 is 0. The van der Waals surface area contributed by atoms with Crippen molar-refractivity contribution in [2.45, 2.75) is 59.2 Å². The Labute approximate surface area is 208 Å². The normalized spacial score (nSPS) is 13.5. The number of amides is 1. The van der Waals surface area contributed by atoms with Gasteiger partial charge in [0.2, 0.25) is 0 Å². The molecule has 2 aromatic carbocycles. The number of benzene rings is 2. The summed E-state index contributed by atoms with van der Waals surface area (Å²) in [7, 11) is 1.43. The van der Waals surface area contributed by atoms with E-state index >= 15 is 0 Å². The van der Waals surface area contributed by atoms with Crippen molar-refractivity contribution in [1.29, 1.82) is 5.26 Å². The van der Waals surface area contributed by atoms with Crippen LogP contribution in [0.1, 0.15) is 48.3 Å². The van der Waals surface area contributed by atoms with Gasteiger partial charge in [-0.25, -0.2) is 9.78 Å². The lowest BCUT2D eigenvalue weighted by molar-refractivity contribution is 0.171. The van der Waals surface area contributed by atoms with E-state index in [1.54, 1.807) is 11.1 Å². The van der Waals surface area contributed by atoms with Crippen molar-refractivity contribution in [3.8, 4) is 6.07 Å².